The first-order valence-electron chi connectivity index (χ1n) is 8.21. The van der Waals surface area contributed by atoms with E-state index in [-0.39, 0.29) is 6.04 Å². The van der Waals surface area contributed by atoms with Crippen LogP contribution in [0.5, 0.6) is 0 Å². The Kier molecular flexibility index (Phi) is 6.11. The Morgan fingerprint density at radius 2 is 1.73 bits per heavy atom. The molecule has 2 rings (SSSR count). The average molecular weight is 358 g/mol. The smallest absolute Gasteiger partial charge is 0.338 e. The predicted molar refractivity (Wildman–Crippen MR) is 95.0 cm³/mol. The van der Waals surface area contributed by atoms with Crippen molar-refractivity contribution in [2.24, 2.45) is 0 Å². The average Bonchev–Trinajstić information content (AvgIpc) is 3.00. The number of carbonyl (C=O) groups is 3. The Bertz CT molecular complexity index is 796. The fourth-order valence-corrected chi connectivity index (χ4v) is 2.17. The van der Waals surface area contributed by atoms with Gasteiger partial charge in [-0.2, -0.15) is 5.10 Å². The van der Waals surface area contributed by atoms with E-state index in [4.69, 9.17) is 4.74 Å². The van der Waals surface area contributed by atoms with Crippen molar-refractivity contribution in [2.45, 2.75) is 39.8 Å². The molecule has 0 saturated carbocycles. The maximum Gasteiger partial charge on any atom is 0.338 e. The number of aryl methyl sites for hydroxylation is 1. The van der Waals surface area contributed by atoms with Crippen molar-refractivity contribution in [3.8, 4) is 5.69 Å². The number of nitrogens with zero attached hydrogens (tertiary/aromatic N) is 2. The Balaban J connectivity index is 1.95. The van der Waals surface area contributed by atoms with Gasteiger partial charge in [0.25, 0.3) is 5.91 Å². The monoisotopic (exact) mass is 358 g/mol. The number of amides is 3. The second kappa shape index (κ2) is 8.28. The summed E-state index contributed by atoms with van der Waals surface area (Å²) in [6.45, 7) is 6.85. The van der Waals surface area contributed by atoms with Crippen LogP contribution in [0.15, 0.2) is 36.5 Å². The normalized spacial score (nSPS) is 11.7. The molecule has 2 N–H and O–H groups in total. The lowest BCUT2D eigenvalue weighted by Crippen LogP contribution is -2.46. The van der Waals surface area contributed by atoms with Crippen molar-refractivity contribution in [3.05, 3.63) is 47.8 Å². The number of esters is 1. The highest BCUT2D eigenvalue weighted by Crippen LogP contribution is 2.12. The highest BCUT2D eigenvalue weighted by molar-refractivity contribution is 5.98. The van der Waals surface area contributed by atoms with E-state index in [2.05, 4.69) is 15.7 Å². The van der Waals surface area contributed by atoms with E-state index in [9.17, 15) is 14.4 Å². The molecule has 0 aliphatic carbocycles. The summed E-state index contributed by atoms with van der Waals surface area (Å²) in [5, 5.41) is 8.83. The highest BCUT2D eigenvalue weighted by atomic mass is 16.5. The molecular formula is C18H22N4O4. The quantitative estimate of drug-likeness (QED) is 0.796. The van der Waals surface area contributed by atoms with E-state index in [0.717, 1.165) is 11.4 Å². The molecule has 0 radical (unpaired) electrons. The molecule has 0 unspecified atom stereocenters. The zero-order valence-corrected chi connectivity index (χ0v) is 15.1. The molecular weight excluding hydrogens is 336 g/mol. The van der Waals surface area contributed by atoms with Gasteiger partial charge >= 0.3 is 12.0 Å². The first kappa shape index (κ1) is 19.2. The third kappa shape index (κ3) is 4.92. The van der Waals surface area contributed by atoms with E-state index < -0.39 is 24.0 Å². The van der Waals surface area contributed by atoms with Crippen LogP contribution in [0.1, 0.15) is 36.8 Å². The number of urea groups is 1. The van der Waals surface area contributed by atoms with Crippen molar-refractivity contribution in [1.29, 1.82) is 0 Å². The lowest BCUT2D eigenvalue weighted by molar-refractivity contribution is -0.127. The van der Waals surface area contributed by atoms with Gasteiger partial charge in [-0.25, -0.2) is 14.3 Å². The molecule has 0 spiro atoms. The fraction of sp³-hybridized carbons (Fsp3) is 0.333. The summed E-state index contributed by atoms with van der Waals surface area (Å²) in [7, 11) is 0. The number of carbonyl (C=O) groups excluding carboxylic acids is 3. The van der Waals surface area contributed by atoms with Gasteiger partial charge in [0, 0.05) is 17.9 Å². The van der Waals surface area contributed by atoms with E-state index in [0.29, 0.717) is 5.56 Å². The third-order valence-electron chi connectivity index (χ3n) is 3.49. The van der Waals surface area contributed by atoms with Gasteiger partial charge in [-0.15, -0.1) is 0 Å². The van der Waals surface area contributed by atoms with Crippen molar-refractivity contribution in [3.63, 3.8) is 0 Å². The molecule has 0 fully saturated rings. The maximum absolute atomic E-state index is 12.2. The number of aromatic nitrogens is 2. The summed E-state index contributed by atoms with van der Waals surface area (Å²) in [5.74, 6) is -1.35. The van der Waals surface area contributed by atoms with E-state index in [1.165, 1.54) is 6.92 Å². The molecule has 2 aromatic rings. The zero-order chi connectivity index (χ0) is 19.3. The summed E-state index contributed by atoms with van der Waals surface area (Å²) >= 11 is 0. The first-order chi connectivity index (χ1) is 12.3. The molecule has 26 heavy (non-hydrogen) atoms. The van der Waals surface area contributed by atoms with Gasteiger partial charge in [-0.05, 0) is 58.0 Å². The minimum Gasteiger partial charge on any atom is -0.449 e. The van der Waals surface area contributed by atoms with Crippen LogP contribution in [0.25, 0.3) is 5.69 Å². The fourth-order valence-electron chi connectivity index (χ4n) is 2.17. The van der Waals surface area contributed by atoms with Crippen molar-refractivity contribution in [1.82, 2.24) is 20.4 Å². The summed E-state index contributed by atoms with van der Waals surface area (Å²) in [6, 6.07) is 7.78. The topological polar surface area (TPSA) is 102 Å². The largest absolute Gasteiger partial charge is 0.449 e. The summed E-state index contributed by atoms with van der Waals surface area (Å²) in [5.41, 5.74) is 2.07. The molecule has 1 atom stereocenters. The molecule has 0 aliphatic rings. The Hall–Kier alpha value is -3.16. The molecule has 1 heterocycles. The van der Waals surface area contributed by atoms with Gasteiger partial charge in [0.15, 0.2) is 6.10 Å². The predicted octanol–water partition coefficient (Wildman–Crippen LogP) is 1.96. The second-order valence-corrected chi connectivity index (χ2v) is 6.10. The number of imide groups is 1. The van der Waals surface area contributed by atoms with Gasteiger partial charge in [0.2, 0.25) is 0 Å². The Morgan fingerprint density at radius 3 is 2.27 bits per heavy atom. The number of benzene rings is 1. The first-order valence-corrected chi connectivity index (χ1v) is 8.21. The Morgan fingerprint density at radius 1 is 1.08 bits per heavy atom. The van der Waals surface area contributed by atoms with Crippen molar-refractivity contribution in [2.75, 3.05) is 0 Å². The number of hydrogen-bond donors (Lipinski definition) is 2. The Labute approximate surface area is 151 Å². The number of rotatable bonds is 5. The van der Waals surface area contributed by atoms with Crippen LogP contribution < -0.4 is 10.6 Å². The molecule has 3 amide bonds. The highest BCUT2D eigenvalue weighted by Gasteiger charge is 2.21. The van der Waals surface area contributed by atoms with Crippen LogP contribution in [-0.4, -0.2) is 39.8 Å². The van der Waals surface area contributed by atoms with Gasteiger partial charge in [-0.3, -0.25) is 10.1 Å². The maximum atomic E-state index is 12.2. The van der Waals surface area contributed by atoms with Crippen molar-refractivity contribution < 1.29 is 19.1 Å². The molecule has 1 aromatic heterocycles. The van der Waals surface area contributed by atoms with Crippen LogP contribution >= 0.6 is 0 Å². The molecule has 138 valence electrons. The molecule has 8 heteroatoms. The zero-order valence-electron chi connectivity index (χ0n) is 15.1. The summed E-state index contributed by atoms with van der Waals surface area (Å²) in [4.78, 5) is 35.6. The third-order valence-corrected chi connectivity index (χ3v) is 3.49. The molecule has 8 nitrogen and oxygen atoms in total. The van der Waals surface area contributed by atoms with Crippen LogP contribution in [0.3, 0.4) is 0 Å². The van der Waals surface area contributed by atoms with E-state index in [1.54, 1.807) is 49.0 Å². The number of nitrogens with one attached hydrogen (secondary N) is 2. The van der Waals surface area contributed by atoms with Crippen LogP contribution in [-0.2, 0) is 9.53 Å². The summed E-state index contributed by atoms with van der Waals surface area (Å²) < 4.78 is 6.84. The lowest BCUT2D eigenvalue weighted by atomic mass is 10.2. The van der Waals surface area contributed by atoms with Crippen LogP contribution in [0.4, 0.5) is 4.79 Å². The van der Waals surface area contributed by atoms with Crippen LogP contribution in [0, 0.1) is 6.92 Å². The van der Waals surface area contributed by atoms with Crippen molar-refractivity contribution >= 4 is 17.9 Å². The minimum absolute atomic E-state index is 0.113. The lowest BCUT2D eigenvalue weighted by Gasteiger charge is -2.14. The molecule has 0 bridgehead atoms. The van der Waals surface area contributed by atoms with E-state index >= 15 is 0 Å². The molecule has 0 aliphatic heterocycles. The molecule has 1 aromatic carbocycles. The van der Waals surface area contributed by atoms with Gasteiger partial charge in [0.1, 0.15) is 0 Å². The standard InChI is InChI=1S/C18H22N4O4/c1-11(2)20-18(25)21-16(23)13(4)26-17(24)14-5-7-15(8-6-14)22-12(3)9-10-19-22/h5-11,13H,1-4H3,(H2,20,21,23,25)/t13-/m1/s1. The van der Waals surface area contributed by atoms with Gasteiger partial charge in [0.05, 0.1) is 11.3 Å². The number of hydrogen-bond acceptors (Lipinski definition) is 5. The second-order valence-electron chi connectivity index (χ2n) is 6.10. The molecule has 0 saturated heterocycles. The van der Waals surface area contributed by atoms with Gasteiger partial charge in [-0.1, -0.05) is 0 Å². The summed E-state index contributed by atoms with van der Waals surface area (Å²) in [6.07, 6.45) is 0.584. The van der Waals surface area contributed by atoms with E-state index in [1.807, 2.05) is 13.0 Å². The SMILES string of the molecule is Cc1ccnn1-c1ccc(C(=O)O[C@H](C)C(=O)NC(=O)NC(C)C)cc1. The number of ether oxygens (including phenoxy) is 1. The van der Waals surface area contributed by atoms with Crippen LogP contribution in [0.2, 0.25) is 0 Å². The minimum atomic E-state index is -1.10. The van der Waals surface area contributed by atoms with Gasteiger partial charge < -0.3 is 10.1 Å².